The number of carbonyl (C=O) groups excluding carboxylic acids is 3. The lowest BCUT2D eigenvalue weighted by molar-refractivity contribution is 0.102. The SMILES string of the molecule is C.CCCS(=O)(=O)Nc1cccc(C(=O)c2c[nH]c3ncnc(OC)c23)c1F.COc1ncnc2[nH]cc(C(=O)c3c(F)ccc(NS(=O)(=O)c4ccc(C)cc4)c3F)c12.COc1ncnc2[nH]cc(C(=O)c3cccc(NS(=O)(=O)c4ccc(C)cc4)c3F)c12. The lowest BCUT2D eigenvalue weighted by Crippen LogP contribution is -2.18. The van der Waals surface area contributed by atoms with Gasteiger partial charge in [-0.05, 0) is 80.9 Å². The molecule has 0 bridgehead atoms. The number of nitrogens with one attached hydrogen (secondary N) is 6. The first-order chi connectivity index (χ1) is 42.9. The molecule has 0 saturated carbocycles. The van der Waals surface area contributed by atoms with Crippen LogP contribution in [0.5, 0.6) is 17.6 Å². The van der Waals surface area contributed by atoms with E-state index in [1.54, 1.807) is 38.1 Å². The number of halogens is 4. The van der Waals surface area contributed by atoms with Crippen LogP contribution in [-0.2, 0) is 30.1 Å². The summed E-state index contributed by atoms with van der Waals surface area (Å²) in [5, 5.41) is 0.769. The number of carbonyl (C=O) groups is 3. The van der Waals surface area contributed by atoms with E-state index in [1.165, 1.54) is 120 Å². The fourth-order valence-electron chi connectivity index (χ4n) is 8.97. The third kappa shape index (κ3) is 14.0. The quantitative estimate of drug-likeness (QED) is 0.0324. The molecule has 0 spiro atoms. The number of anilines is 3. The molecule has 0 radical (unpaired) electrons. The Labute approximate surface area is 517 Å². The number of nitrogens with zero attached hydrogens (tertiary/aromatic N) is 6. The molecule has 0 aliphatic carbocycles. The molecule has 6 aromatic heterocycles. The smallest absolute Gasteiger partial charge is 0.261 e. The van der Waals surface area contributed by atoms with Crippen LogP contribution in [0.1, 0.15) is 79.7 Å². The molecular formula is C60H54F4N12O12S3. The maximum atomic E-state index is 15.2. The summed E-state index contributed by atoms with van der Waals surface area (Å²) >= 11 is 0. The number of ketones is 3. The Kier molecular flexibility index (Phi) is 20.0. The van der Waals surface area contributed by atoms with E-state index >= 15 is 8.78 Å². The van der Waals surface area contributed by atoms with Gasteiger partial charge in [0.1, 0.15) is 41.7 Å². The number of aryl methyl sites for hydroxylation is 2. The topological polar surface area (TPSA) is 342 Å². The molecule has 31 heteroatoms. The first-order valence-electron chi connectivity index (χ1n) is 26.4. The van der Waals surface area contributed by atoms with Crippen molar-refractivity contribution in [1.82, 2.24) is 44.9 Å². The summed E-state index contributed by atoms with van der Waals surface area (Å²) in [6.45, 7) is 5.30. The summed E-state index contributed by atoms with van der Waals surface area (Å²) in [5.74, 6) is -6.59. The number of aromatic nitrogens is 9. The molecule has 0 aliphatic rings. The summed E-state index contributed by atoms with van der Waals surface area (Å²) < 4.78 is 156. The fraction of sp³-hybridized carbons (Fsp3) is 0.150. The van der Waals surface area contributed by atoms with Crippen LogP contribution in [0.25, 0.3) is 33.1 Å². The van der Waals surface area contributed by atoms with Gasteiger partial charge < -0.3 is 29.2 Å². The van der Waals surface area contributed by atoms with Crippen molar-refractivity contribution in [2.45, 2.75) is 44.4 Å². The maximum absolute atomic E-state index is 15.2. The highest BCUT2D eigenvalue weighted by atomic mass is 32.2. The van der Waals surface area contributed by atoms with Gasteiger partial charge in [-0.1, -0.05) is 61.9 Å². The molecule has 0 aliphatic heterocycles. The van der Waals surface area contributed by atoms with Crippen molar-refractivity contribution in [1.29, 1.82) is 0 Å². The molecular weight excluding hydrogens is 1250 g/mol. The predicted molar refractivity (Wildman–Crippen MR) is 329 cm³/mol. The van der Waals surface area contributed by atoms with Crippen LogP contribution < -0.4 is 28.4 Å². The third-order valence-electron chi connectivity index (χ3n) is 13.3. The Morgan fingerprint density at radius 1 is 0.462 bits per heavy atom. The van der Waals surface area contributed by atoms with Crippen molar-refractivity contribution in [3.63, 3.8) is 0 Å². The van der Waals surface area contributed by atoms with Crippen LogP contribution in [0, 0.1) is 37.1 Å². The Morgan fingerprint density at radius 3 is 1.20 bits per heavy atom. The Balaban J connectivity index is 0.000000176. The molecule has 6 heterocycles. The monoisotopic (exact) mass is 1310 g/mol. The summed E-state index contributed by atoms with van der Waals surface area (Å²) in [6, 6.07) is 21.6. The van der Waals surface area contributed by atoms with Crippen LogP contribution in [0.2, 0.25) is 0 Å². The van der Waals surface area contributed by atoms with E-state index in [2.05, 4.69) is 59.0 Å². The number of rotatable bonds is 19. The Morgan fingerprint density at radius 2 is 0.824 bits per heavy atom. The number of aromatic amines is 3. The van der Waals surface area contributed by atoms with Gasteiger partial charge in [0.25, 0.3) is 20.0 Å². The first kappa shape index (κ1) is 66.3. The molecule has 0 unspecified atom stereocenters. The van der Waals surface area contributed by atoms with Crippen molar-refractivity contribution < 1.29 is 71.4 Å². The first-order valence-corrected chi connectivity index (χ1v) is 31.0. The Bertz CT molecular complexity index is 4940. The van der Waals surface area contributed by atoms with Crippen LogP contribution in [0.4, 0.5) is 34.6 Å². The second kappa shape index (κ2) is 27.4. The lowest BCUT2D eigenvalue weighted by Gasteiger charge is -2.12. The second-order valence-corrected chi connectivity index (χ2v) is 24.5. The van der Waals surface area contributed by atoms with Gasteiger partial charge in [-0.25, -0.2) is 72.7 Å². The number of sulfonamides is 3. The molecule has 91 heavy (non-hydrogen) atoms. The van der Waals surface area contributed by atoms with Crippen molar-refractivity contribution in [2.24, 2.45) is 0 Å². The van der Waals surface area contributed by atoms with Crippen molar-refractivity contribution >= 4 is 97.6 Å². The number of benzene rings is 5. The molecule has 24 nitrogen and oxygen atoms in total. The van der Waals surface area contributed by atoms with E-state index < -0.39 is 81.9 Å². The number of methoxy groups -OCH3 is 3. The number of fused-ring (bicyclic) bond motifs is 3. The maximum Gasteiger partial charge on any atom is 0.261 e. The van der Waals surface area contributed by atoms with E-state index in [4.69, 9.17) is 14.2 Å². The van der Waals surface area contributed by atoms with Gasteiger partial charge in [-0.15, -0.1) is 0 Å². The summed E-state index contributed by atoms with van der Waals surface area (Å²) in [4.78, 5) is 71.1. The molecule has 11 rings (SSSR count). The highest BCUT2D eigenvalue weighted by molar-refractivity contribution is 7.93. The standard InChI is InChI=1S/C21H16F2N4O4S.C21H17FN4O4S.C17H17FN4O4S.CH4/c1-11-3-5-12(6-4-11)32(29,30)27-15-8-7-14(22)17(18(15)23)19(28)13-9-24-20-16(13)21(31-2)26-10-25-20;1-12-6-8-13(9-7-12)31(28,29)26-16-5-3-4-14(18(16)22)19(27)15-10-23-20-17(15)21(30-2)25-11-24-20;1-3-7-27(24,25)22-12-6-4-5-10(14(12)18)15(23)11-8-19-16-13(11)17(26-2)21-9-20-16;/h3-10,27H,1-2H3,(H,24,25,26);3-11,26H,1-2H3,(H,23,24,25);4-6,8-9,22H,3,7H2,1-2H3,(H,19,20,21);1H4. The van der Waals surface area contributed by atoms with E-state index in [9.17, 15) is 48.4 Å². The molecule has 0 amide bonds. The average molecular weight is 1310 g/mol. The zero-order chi connectivity index (χ0) is 64.8. The van der Waals surface area contributed by atoms with Crippen LogP contribution in [-0.4, -0.2) is 115 Å². The molecule has 0 atom stereocenters. The normalized spacial score (nSPS) is 11.4. The zero-order valence-corrected chi connectivity index (χ0v) is 50.4. The minimum Gasteiger partial charge on any atom is -0.480 e. The minimum atomic E-state index is -4.18. The number of hydrogen-bond donors (Lipinski definition) is 6. The van der Waals surface area contributed by atoms with Crippen LogP contribution >= 0.6 is 0 Å². The zero-order valence-electron chi connectivity index (χ0n) is 47.9. The molecule has 5 aromatic carbocycles. The molecule has 472 valence electrons. The van der Waals surface area contributed by atoms with Gasteiger partial charge in [0, 0.05) is 18.6 Å². The molecule has 11 aromatic rings. The predicted octanol–water partition coefficient (Wildman–Crippen LogP) is 10.2. The molecule has 6 N–H and O–H groups in total. The van der Waals surface area contributed by atoms with Gasteiger partial charge in [0.2, 0.25) is 33.4 Å². The highest BCUT2D eigenvalue weighted by Gasteiger charge is 2.30. The van der Waals surface area contributed by atoms with Crippen molar-refractivity contribution in [3.05, 3.63) is 202 Å². The van der Waals surface area contributed by atoms with Gasteiger partial charge in [0.15, 0.2) is 29.0 Å². The van der Waals surface area contributed by atoms with Crippen molar-refractivity contribution in [3.8, 4) is 17.6 Å². The number of ether oxygens (including phenoxy) is 3. The van der Waals surface area contributed by atoms with E-state index in [-0.39, 0.29) is 90.8 Å². The van der Waals surface area contributed by atoms with Crippen LogP contribution in [0.15, 0.2) is 144 Å². The molecule has 0 saturated heterocycles. The summed E-state index contributed by atoms with van der Waals surface area (Å²) in [7, 11) is -7.80. The van der Waals surface area contributed by atoms with Crippen LogP contribution in [0.3, 0.4) is 0 Å². The van der Waals surface area contributed by atoms with E-state index in [0.717, 1.165) is 23.3 Å². The van der Waals surface area contributed by atoms with Gasteiger partial charge >= 0.3 is 0 Å². The lowest BCUT2D eigenvalue weighted by atomic mass is 10.0. The summed E-state index contributed by atoms with van der Waals surface area (Å²) in [6.07, 6.45) is 8.12. The number of hydrogen-bond acceptors (Lipinski definition) is 18. The van der Waals surface area contributed by atoms with Gasteiger partial charge in [-0.3, -0.25) is 28.5 Å². The minimum absolute atomic E-state index is 0. The van der Waals surface area contributed by atoms with E-state index in [1.807, 2.05) is 6.92 Å². The number of H-pyrrole nitrogens is 3. The van der Waals surface area contributed by atoms with Gasteiger partial charge in [-0.2, -0.15) is 0 Å². The Hall–Kier alpha value is -10.7. The highest BCUT2D eigenvalue weighted by Crippen LogP contribution is 2.34. The van der Waals surface area contributed by atoms with Gasteiger partial charge in [0.05, 0.1) is 103 Å². The third-order valence-corrected chi connectivity index (χ3v) is 17.6. The average Bonchev–Trinajstić information content (AvgIpc) is 1.82. The fourth-order valence-corrected chi connectivity index (χ4v) is 12.2. The largest absolute Gasteiger partial charge is 0.480 e. The summed E-state index contributed by atoms with van der Waals surface area (Å²) in [5.41, 5.74) is 0.0578. The second-order valence-electron chi connectivity index (χ2n) is 19.3. The molecule has 0 fully saturated rings. The van der Waals surface area contributed by atoms with E-state index in [0.29, 0.717) is 28.5 Å². The van der Waals surface area contributed by atoms with Crippen molar-refractivity contribution in [2.75, 3.05) is 41.2 Å².